The molecule has 1 amide bonds. The van der Waals surface area contributed by atoms with E-state index in [1.165, 1.54) is 6.07 Å². The Morgan fingerprint density at radius 1 is 1.26 bits per heavy atom. The van der Waals surface area contributed by atoms with Crippen LogP contribution in [0.5, 0.6) is 0 Å². The fourth-order valence-corrected chi connectivity index (χ4v) is 3.91. The van der Waals surface area contributed by atoms with E-state index >= 15 is 0 Å². The zero-order valence-electron chi connectivity index (χ0n) is 14.4. The number of hydrogen-bond donors (Lipinski definition) is 1. The predicted molar refractivity (Wildman–Crippen MR) is 96.8 cm³/mol. The molecule has 5 rings (SSSR count). The van der Waals surface area contributed by atoms with Crippen molar-refractivity contribution in [3.8, 4) is 17.3 Å². The van der Waals surface area contributed by atoms with Crippen molar-refractivity contribution in [2.45, 2.75) is 19.3 Å². The quantitative estimate of drug-likeness (QED) is 0.765. The maximum atomic E-state index is 13.2. The topological polar surface area (TPSA) is 107 Å². The molecule has 2 aliphatic rings. The van der Waals surface area contributed by atoms with Crippen LogP contribution in [0.25, 0.3) is 16.8 Å². The minimum atomic E-state index is -0.924. The highest BCUT2D eigenvalue weighted by atomic mass is 16.2. The van der Waals surface area contributed by atoms with Crippen molar-refractivity contribution in [1.82, 2.24) is 19.6 Å². The summed E-state index contributed by atoms with van der Waals surface area (Å²) in [6.07, 6.45) is 7.37. The van der Waals surface area contributed by atoms with Crippen molar-refractivity contribution in [3.63, 3.8) is 0 Å². The zero-order chi connectivity index (χ0) is 18.6. The lowest BCUT2D eigenvalue weighted by atomic mass is 9.83. The smallest absolute Gasteiger partial charge is 0.249 e. The number of fused-ring (bicyclic) bond motifs is 1. The molecule has 1 aliphatic heterocycles. The van der Waals surface area contributed by atoms with Gasteiger partial charge in [0.1, 0.15) is 10.9 Å². The van der Waals surface area contributed by atoms with Crippen LogP contribution in [0.15, 0.2) is 41.6 Å². The molecule has 0 aromatic carbocycles. The Hall–Kier alpha value is -3.47. The molecule has 8 heteroatoms. The summed E-state index contributed by atoms with van der Waals surface area (Å²) in [4.78, 5) is 33.5. The molecule has 0 unspecified atom stereocenters. The van der Waals surface area contributed by atoms with E-state index in [1.807, 2.05) is 0 Å². The van der Waals surface area contributed by atoms with Gasteiger partial charge in [-0.15, -0.1) is 0 Å². The van der Waals surface area contributed by atoms with E-state index in [1.54, 1.807) is 40.1 Å². The van der Waals surface area contributed by atoms with Crippen LogP contribution in [0, 0.1) is 22.7 Å². The summed E-state index contributed by atoms with van der Waals surface area (Å²) in [5.41, 5.74) is 0.894. The van der Waals surface area contributed by atoms with Crippen molar-refractivity contribution >= 4 is 17.2 Å². The third-order valence-electron chi connectivity index (χ3n) is 5.54. The first-order valence-electron chi connectivity index (χ1n) is 8.89. The van der Waals surface area contributed by atoms with Gasteiger partial charge < -0.3 is 4.98 Å². The van der Waals surface area contributed by atoms with Crippen LogP contribution >= 0.6 is 0 Å². The lowest BCUT2D eigenvalue weighted by Crippen LogP contribution is -2.36. The zero-order valence-corrected chi connectivity index (χ0v) is 14.4. The number of carbonyl (C=O) groups excluding carboxylic acids is 1. The van der Waals surface area contributed by atoms with Crippen molar-refractivity contribution < 1.29 is 4.79 Å². The Labute approximate surface area is 154 Å². The van der Waals surface area contributed by atoms with Crippen LogP contribution in [0.2, 0.25) is 0 Å². The van der Waals surface area contributed by atoms with Crippen LogP contribution in [-0.4, -0.2) is 32.0 Å². The number of pyridine rings is 1. The second kappa shape index (κ2) is 5.51. The highest BCUT2D eigenvalue weighted by molar-refractivity contribution is 6.04. The number of nitrogens with zero attached hydrogens (tertiary/aromatic N) is 5. The Morgan fingerprint density at radius 2 is 2.11 bits per heavy atom. The Balaban J connectivity index is 1.64. The van der Waals surface area contributed by atoms with Crippen molar-refractivity contribution in [1.29, 1.82) is 5.26 Å². The standard InChI is InChI=1S/C19H16N6O2/c20-11-19(13-2-3-13)6-8-24(18(19)27)17-15-5-7-22-25(15)10-14(23-17)12-1-4-16(26)21-9-12/h1,4-5,7,9-10,13H,2-3,6,8H2,(H,21,26)/t19-/m1/s1. The molecular formula is C19H16N6O2. The molecule has 0 bridgehead atoms. The molecule has 1 N–H and O–H groups in total. The molecule has 1 aliphatic carbocycles. The van der Waals surface area contributed by atoms with Gasteiger partial charge in [-0.3, -0.25) is 14.5 Å². The second-order valence-electron chi connectivity index (χ2n) is 7.12. The van der Waals surface area contributed by atoms with Gasteiger partial charge in [-0.05, 0) is 37.3 Å². The fraction of sp³-hybridized carbons (Fsp3) is 0.316. The first-order valence-corrected chi connectivity index (χ1v) is 8.89. The molecule has 0 radical (unpaired) electrons. The van der Waals surface area contributed by atoms with Gasteiger partial charge in [0.25, 0.3) is 0 Å². The average molecular weight is 360 g/mol. The third-order valence-corrected chi connectivity index (χ3v) is 5.54. The molecule has 134 valence electrons. The third kappa shape index (κ3) is 2.28. The number of amides is 1. The monoisotopic (exact) mass is 360 g/mol. The summed E-state index contributed by atoms with van der Waals surface area (Å²) in [6, 6.07) is 7.21. The molecule has 2 fully saturated rings. The summed E-state index contributed by atoms with van der Waals surface area (Å²) in [5, 5.41) is 14.0. The summed E-state index contributed by atoms with van der Waals surface area (Å²) in [6.45, 7) is 0.464. The first kappa shape index (κ1) is 15.8. The molecular weight excluding hydrogens is 344 g/mol. The van der Waals surface area contributed by atoms with E-state index in [9.17, 15) is 14.9 Å². The van der Waals surface area contributed by atoms with Gasteiger partial charge in [-0.25, -0.2) is 9.50 Å². The Morgan fingerprint density at radius 3 is 2.81 bits per heavy atom. The molecule has 0 spiro atoms. The minimum Gasteiger partial charge on any atom is -0.328 e. The lowest BCUT2D eigenvalue weighted by Gasteiger charge is -2.21. The Kier molecular flexibility index (Phi) is 3.22. The van der Waals surface area contributed by atoms with Gasteiger partial charge in [-0.1, -0.05) is 0 Å². The molecule has 3 aromatic rings. The molecule has 1 saturated heterocycles. The molecule has 1 saturated carbocycles. The average Bonchev–Trinajstić information content (AvgIpc) is 3.33. The molecule has 8 nitrogen and oxygen atoms in total. The van der Waals surface area contributed by atoms with Gasteiger partial charge in [0, 0.05) is 24.4 Å². The van der Waals surface area contributed by atoms with Crippen LogP contribution in [0.3, 0.4) is 0 Å². The number of aromatic nitrogens is 4. The Bertz CT molecular complexity index is 1150. The summed E-state index contributed by atoms with van der Waals surface area (Å²) < 4.78 is 1.67. The maximum Gasteiger partial charge on any atom is 0.249 e. The number of nitrogens with one attached hydrogen (secondary N) is 1. The van der Waals surface area contributed by atoms with Crippen molar-refractivity contribution in [3.05, 3.63) is 47.1 Å². The highest BCUT2D eigenvalue weighted by Gasteiger charge is 2.57. The van der Waals surface area contributed by atoms with Crippen LogP contribution < -0.4 is 10.5 Å². The largest absolute Gasteiger partial charge is 0.328 e. The number of rotatable bonds is 3. The number of hydrogen-bond acceptors (Lipinski definition) is 5. The normalized spacial score (nSPS) is 22.3. The van der Waals surface area contributed by atoms with E-state index in [0.717, 1.165) is 12.8 Å². The summed E-state index contributed by atoms with van der Waals surface area (Å²) in [7, 11) is 0. The number of nitriles is 1. The summed E-state index contributed by atoms with van der Waals surface area (Å²) >= 11 is 0. The van der Waals surface area contributed by atoms with Gasteiger partial charge in [0.2, 0.25) is 11.5 Å². The minimum absolute atomic E-state index is 0.156. The van der Waals surface area contributed by atoms with E-state index < -0.39 is 5.41 Å². The van der Waals surface area contributed by atoms with Crippen LogP contribution in [-0.2, 0) is 4.79 Å². The molecule has 1 atom stereocenters. The van der Waals surface area contributed by atoms with Crippen LogP contribution in [0.1, 0.15) is 19.3 Å². The second-order valence-corrected chi connectivity index (χ2v) is 7.12. The number of aromatic amines is 1. The first-order chi connectivity index (χ1) is 13.1. The SMILES string of the molecule is N#C[C@@]1(C2CC2)CCN(c2nc(-c3ccc(=O)[nH]c3)cn3nccc23)C1=O. The maximum absolute atomic E-state index is 13.2. The predicted octanol–water partition coefficient (Wildman–Crippen LogP) is 1.74. The van der Waals surface area contributed by atoms with Crippen LogP contribution in [0.4, 0.5) is 5.82 Å². The van der Waals surface area contributed by atoms with E-state index in [-0.39, 0.29) is 17.4 Å². The number of H-pyrrole nitrogens is 1. The fourth-order valence-electron chi connectivity index (χ4n) is 3.91. The molecule has 3 aromatic heterocycles. The van der Waals surface area contributed by atoms with E-state index in [2.05, 4.69) is 16.2 Å². The van der Waals surface area contributed by atoms with E-state index in [4.69, 9.17) is 4.98 Å². The van der Waals surface area contributed by atoms with Gasteiger partial charge in [0.05, 0.1) is 24.2 Å². The molecule has 4 heterocycles. The van der Waals surface area contributed by atoms with Gasteiger partial charge in [-0.2, -0.15) is 10.4 Å². The highest BCUT2D eigenvalue weighted by Crippen LogP contribution is 2.52. The van der Waals surface area contributed by atoms with E-state index in [0.29, 0.717) is 35.6 Å². The molecule has 27 heavy (non-hydrogen) atoms. The van der Waals surface area contributed by atoms with Crippen molar-refractivity contribution in [2.24, 2.45) is 11.3 Å². The van der Waals surface area contributed by atoms with Gasteiger partial charge in [0.15, 0.2) is 5.82 Å². The number of carbonyl (C=O) groups is 1. The van der Waals surface area contributed by atoms with Crippen molar-refractivity contribution in [2.75, 3.05) is 11.4 Å². The lowest BCUT2D eigenvalue weighted by molar-refractivity contribution is -0.123. The number of anilines is 1. The summed E-state index contributed by atoms with van der Waals surface area (Å²) in [5.74, 6) is 0.490. The van der Waals surface area contributed by atoms with Gasteiger partial charge >= 0.3 is 0 Å².